The van der Waals surface area contributed by atoms with Gasteiger partial charge in [0.05, 0.1) is 0 Å². The zero-order valence-corrected chi connectivity index (χ0v) is 12.1. The first-order chi connectivity index (χ1) is 7.85. The maximum absolute atomic E-state index is 2.42. The molecule has 0 radical (unpaired) electrons. The number of rotatable bonds is 2. The molecule has 0 unspecified atom stereocenters. The first-order valence-electron chi connectivity index (χ1n) is 6.60. The molecule has 0 aromatic heterocycles. The summed E-state index contributed by atoms with van der Waals surface area (Å²) in [6, 6.07) is 0. The summed E-state index contributed by atoms with van der Waals surface area (Å²) in [4.78, 5) is 0. The van der Waals surface area contributed by atoms with Crippen molar-refractivity contribution in [1.82, 2.24) is 0 Å². The minimum Gasteiger partial charge on any atom is -0.0761 e. The van der Waals surface area contributed by atoms with E-state index in [-0.39, 0.29) is 5.41 Å². The quantitative estimate of drug-likeness (QED) is 0.598. The standard InChI is InChI=1S/C17H24/c1-11-7-9-15(13(11)3)17(5,6)16-10-8-12(2)14(16)4/h9-10H,7-8H2,1-6H3. The van der Waals surface area contributed by atoms with Crippen LogP contribution in [0.5, 0.6) is 0 Å². The Balaban J connectivity index is 2.40. The van der Waals surface area contributed by atoms with E-state index in [4.69, 9.17) is 0 Å². The van der Waals surface area contributed by atoms with Gasteiger partial charge in [-0.25, -0.2) is 0 Å². The van der Waals surface area contributed by atoms with Crippen molar-refractivity contribution in [1.29, 1.82) is 0 Å². The van der Waals surface area contributed by atoms with Crippen LogP contribution in [0.15, 0.2) is 45.6 Å². The highest BCUT2D eigenvalue weighted by Crippen LogP contribution is 2.48. The highest BCUT2D eigenvalue weighted by molar-refractivity contribution is 5.54. The summed E-state index contributed by atoms with van der Waals surface area (Å²) in [5, 5.41) is 0. The second-order valence-electron chi connectivity index (χ2n) is 6.08. The molecule has 0 N–H and O–H groups in total. The van der Waals surface area contributed by atoms with Gasteiger partial charge in [0.2, 0.25) is 0 Å². The van der Waals surface area contributed by atoms with Crippen molar-refractivity contribution in [2.45, 2.75) is 54.4 Å². The van der Waals surface area contributed by atoms with E-state index in [1.807, 2.05) is 0 Å². The van der Waals surface area contributed by atoms with E-state index in [0.717, 1.165) is 12.8 Å². The number of allylic oxidation sites excluding steroid dienone is 8. The fourth-order valence-electron chi connectivity index (χ4n) is 3.18. The van der Waals surface area contributed by atoms with Crippen LogP contribution in [0, 0.1) is 5.41 Å². The van der Waals surface area contributed by atoms with Crippen molar-refractivity contribution in [3.63, 3.8) is 0 Å². The lowest BCUT2D eigenvalue weighted by molar-refractivity contribution is 0.553. The van der Waals surface area contributed by atoms with Crippen LogP contribution in [-0.4, -0.2) is 0 Å². The molecule has 0 spiro atoms. The summed E-state index contributed by atoms with van der Waals surface area (Å²) >= 11 is 0. The molecular weight excluding hydrogens is 204 g/mol. The van der Waals surface area contributed by atoms with Crippen LogP contribution in [0.25, 0.3) is 0 Å². The van der Waals surface area contributed by atoms with E-state index in [2.05, 4.69) is 53.7 Å². The third kappa shape index (κ3) is 1.84. The van der Waals surface area contributed by atoms with E-state index >= 15 is 0 Å². The Morgan fingerprint density at radius 1 is 0.765 bits per heavy atom. The zero-order valence-electron chi connectivity index (χ0n) is 12.1. The van der Waals surface area contributed by atoms with E-state index in [9.17, 15) is 0 Å². The molecule has 0 aromatic rings. The monoisotopic (exact) mass is 228 g/mol. The van der Waals surface area contributed by atoms with Crippen molar-refractivity contribution < 1.29 is 0 Å². The van der Waals surface area contributed by atoms with E-state index in [1.165, 1.54) is 33.4 Å². The Morgan fingerprint density at radius 3 is 1.35 bits per heavy atom. The van der Waals surface area contributed by atoms with Gasteiger partial charge in [-0.2, -0.15) is 0 Å². The largest absolute Gasteiger partial charge is 0.0761 e. The van der Waals surface area contributed by atoms with Crippen molar-refractivity contribution in [2.24, 2.45) is 5.41 Å². The molecule has 2 aliphatic rings. The molecule has 0 bridgehead atoms. The molecule has 0 nitrogen and oxygen atoms in total. The van der Waals surface area contributed by atoms with Gasteiger partial charge in [0, 0.05) is 5.41 Å². The smallest absolute Gasteiger partial charge is 0.0145 e. The summed E-state index contributed by atoms with van der Waals surface area (Å²) in [5.41, 5.74) is 9.33. The Hall–Kier alpha value is -1.04. The zero-order chi connectivity index (χ0) is 12.8. The number of hydrogen-bond acceptors (Lipinski definition) is 0. The van der Waals surface area contributed by atoms with Gasteiger partial charge in [0.15, 0.2) is 0 Å². The molecule has 2 aliphatic carbocycles. The first kappa shape index (κ1) is 12.4. The third-order valence-electron chi connectivity index (χ3n) is 4.66. The second-order valence-corrected chi connectivity index (χ2v) is 6.08. The van der Waals surface area contributed by atoms with Gasteiger partial charge in [0.25, 0.3) is 0 Å². The lowest BCUT2D eigenvalue weighted by Gasteiger charge is -2.31. The first-order valence-corrected chi connectivity index (χ1v) is 6.60. The molecular formula is C17H24. The highest BCUT2D eigenvalue weighted by Gasteiger charge is 2.33. The lowest BCUT2D eigenvalue weighted by Crippen LogP contribution is -2.18. The molecule has 0 aliphatic heterocycles. The SMILES string of the molecule is CC1=C(C)C(C(C)(C)C2=CCC(C)=C2C)=CC1. The summed E-state index contributed by atoms with van der Waals surface area (Å²) in [5.74, 6) is 0. The van der Waals surface area contributed by atoms with Gasteiger partial charge in [0.1, 0.15) is 0 Å². The van der Waals surface area contributed by atoms with Crippen LogP contribution in [0.3, 0.4) is 0 Å². The Kier molecular flexibility index (Phi) is 2.93. The molecule has 0 amide bonds. The van der Waals surface area contributed by atoms with Crippen LogP contribution in [0.1, 0.15) is 54.4 Å². The van der Waals surface area contributed by atoms with E-state index < -0.39 is 0 Å². The van der Waals surface area contributed by atoms with Crippen molar-refractivity contribution >= 4 is 0 Å². The summed E-state index contributed by atoms with van der Waals surface area (Å²) in [6.07, 6.45) is 7.12. The van der Waals surface area contributed by atoms with E-state index in [0.29, 0.717) is 0 Å². The highest BCUT2D eigenvalue weighted by atomic mass is 14.4. The predicted molar refractivity (Wildman–Crippen MR) is 75.9 cm³/mol. The molecule has 0 fully saturated rings. The molecule has 0 saturated carbocycles. The normalized spacial score (nSPS) is 21.3. The average Bonchev–Trinajstić information content (AvgIpc) is 2.75. The third-order valence-corrected chi connectivity index (χ3v) is 4.66. The second kappa shape index (κ2) is 4.01. The van der Waals surface area contributed by atoms with Crippen molar-refractivity contribution in [2.75, 3.05) is 0 Å². The topological polar surface area (TPSA) is 0 Å². The predicted octanol–water partition coefficient (Wildman–Crippen LogP) is 5.35. The lowest BCUT2D eigenvalue weighted by atomic mass is 9.73. The summed E-state index contributed by atoms with van der Waals surface area (Å²) < 4.78 is 0. The maximum Gasteiger partial charge on any atom is 0.0145 e. The van der Waals surface area contributed by atoms with Crippen LogP contribution < -0.4 is 0 Å². The maximum atomic E-state index is 2.42. The molecule has 0 heterocycles. The van der Waals surface area contributed by atoms with Crippen molar-refractivity contribution in [3.05, 3.63) is 45.6 Å². The molecule has 0 saturated heterocycles. The van der Waals surface area contributed by atoms with Crippen LogP contribution in [0.4, 0.5) is 0 Å². The Bertz CT molecular complexity index is 432. The fraction of sp³-hybridized carbons (Fsp3) is 0.529. The Labute approximate surface area is 106 Å². The van der Waals surface area contributed by atoms with E-state index in [1.54, 1.807) is 0 Å². The molecule has 0 atom stereocenters. The minimum atomic E-state index is 0.170. The van der Waals surface area contributed by atoms with Gasteiger partial charge in [-0.1, -0.05) is 37.1 Å². The summed E-state index contributed by atoms with van der Waals surface area (Å²) in [7, 11) is 0. The van der Waals surface area contributed by atoms with Gasteiger partial charge in [-0.15, -0.1) is 0 Å². The van der Waals surface area contributed by atoms with Crippen molar-refractivity contribution in [3.8, 4) is 0 Å². The average molecular weight is 228 g/mol. The van der Waals surface area contributed by atoms with Crippen LogP contribution in [0.2, 0.25) is 0 Å². The van der Waals surface area contributed by atoms with Gasteiger partial charge in [-0.3, -0.25) is 0 Å². The summed E-state index contributed by atoms with van der Waals surface area (Å²) in [6.45, 7) is 13.8. The fourth-order valence-corrected chi connectivity index (χ4v) is 3.18. The number of hydrogen-bond donors (Lipinski definition) is 0. The van der Waals surface area contributed by atoms with Gasteiger partial charge < -0.3 is 0 Å². The Morgan fingerprint density at radius 2 is 1.12 bits per heavy atom. The molecule has 0 aromatic carbocycles. The van der Waals surface area contributed by atoms with Crippen LogP contribution in [-0.2, 0) is 0 Å². The van der Waals surface area contributed by atoms with Gasteiger partial charge in [-0.05, 0) is 62.8 Å². The molecule has 0 heteroatoms. The molecule has 92 valence electrons. The molecule has 17 heavy (non-hydrogen) atoms. The van der Waals surface area contributed by atoms with Gasteiger partial charge >= 0.3 is 0 Å². The minimum absolute atomic E-state index is 0.170. The van der Waals surface area contributed by atoms with Crippen LogP contribution >= 0.6 is 0 Å². The molecule has 2 rings (SSSR count).